The van der Waals surface area contributed by atoms with Gasteiger partial charge in [0.05, 0.1) is 24.6 Å². The quantitative estimate of drug-likeness (QED) is 0.748. The summed E-state index contributed by atoms with van der Waals surface area (Å²) in [6, 6.07) is 0. The molecule has 0 bridgehead atoms. The molecule has 0 aromatic carbocycles. The van der Waals surface area contributed by atoms with Gasteiger partial charge in [0.15, 0.2) is 0 Å². The lowest BCUT2D eigenvalue weighted by molar-refractivity contribution is -0.134. The van der Waals surface area contributed by atoms with Crippen molar-refractivity contribution in [2.75, 3.05) is 45.1 Å². The first-order chi connectivity index (χ1) is 9.80. The first-order valence-electron chi connectivity index (χ1n) is 7.36. The van der Waals surface area contributed by atoms with Gasteiger partial charge in [0.2, 0.25) is 15.9 Å². The molecule has 2 aliphatic heterocycles. The van der Waals surface area contributed by atoms with E-state index in [1.54, 1.807) is 11.8 Å². The summed E-state index contributed by atoms with van der Waals surface area (Å²) >= 11 is 0. The first kappa shape index (κ1) is 16.7. The van der Waals surface area contributed by atoms with Crippen LogP contribution in [0.3, 0.4) is 0 Å². The molecule has 7 nitrogen and oxygen atoms in total. The van der Waals surface area contributed by atoms with Gasteiger partial charge < -0.3 is 14.7 Å². The molecule has 0 atom stereocenters. The molecule has 0 aliphatic carbocycles. The highest BCUT2D eigenvalue weighted by Crippen LogP contribution is 2.21. The van der Waals surface area contributed by atoms with E-state index in [0.717, 1.165) is 0 Å². The summed E-state index contributed by atoms with van der Waals surface area (Å²) in [6.45, 7) is 4.29. The van der Waals surface area contributed by atoms with Gasteiger partial charge >= 0.3 is 0 Å². The molecule has 0 radical (unpaired) electrons. The number of aliphatic hydroxyl groups is 1. The minimum Gasteiger partial charge on any atom is -0.390 e. The molecule has 21 heavy (non-hydrogen) atoms. The van der Waals surface area contributed by atoms with Crippen LogP contribution in [0.2, 0.25) is 0 Å². The van der Waals surface area contributed by atoms with Crippen molar-refractivity contribution < 1.29 is 23.1 Å². The van der Waals surface area contributed by atoms with Crippen LogP contribution in [0.5, 0.6) is 0 Å². The second-order valence-corrected chi connectivity index (χ2v) is 8.04. The third-order valence-corrected chi connectivity index (χ3v) is 6.00. The summed E-state index contributed by atoms with van der Waals surface area (Å²) in [7, 11) is -3.38. The third kappa shape index (κ3) is 4.64. The van der Waals surface area contributed by atoms with Crippen LogP contribution in [0.1, 0.15) is 26.2 Å². The number of carbonyl (C=O) groups is 1. The fourth-order valence-corrected chi connectivity index (χ4v) is 3.96. The minimum atomic E-state index is -3.38. The van der Waals surface area contributed by atoms with E-state index in [2.05, 4.69) is 0 Å². The van der Waals surface area contributed by atoms with Crippen LogP contribution in [0.4, 0.5) is 0 Å². The highest BCUT2D eigenvalue weighted by Gasteiger charge is 2.31. The van der Waals surface area contributed by atoms with Gasteiger partial charge in [-0.1, -0.05) is 0 Å². The van der Waals surface area contributed by atoms with E-state index in [1.807, 2.05) is 0 Å². The lowest BCUT2D eigenvalue weighted by Crippen LogP contribution is -2.46. The van der Waals surface area contributed by atoms with Crippen molar-refractivity contribution in [1.29, 1.82) is 0 Å². The van der Waals surface area contributed by atoms with Crippen molar-refractivity contribution in [1.82, 2.24) is 9.21 Å². The van der Waals surface area contributed by atoms with E-state index in [-0.39, 0.29) is 18.1 Å². The van der Waals surface area contributed by atoms with E-state index in [1.165, 1.54) is 4.31 Å². The molecule has 0 unspecified atom stereocenters. The van der Waals surface area contributed by atoms with Crippen LogP contribution < -0.4 is 0 Å². The maximum atomic E-state index is 12.1. The summed E-state index contributed by atoms with van der Waals surface area (Å²) in [5.74, 6) is -0.305. The molecule has 2 saturated heterocycles. The summed E-state index contributed by atoms with van der Waals surface area (Å²) in [5.41, 5.74) is -0.712. The molecule has 2 heterocycles. The van der Waals surface area contributed by atoms with E-state index in [4.69, 9.17) is 4.74 Å². The molecule has 0 spiro atoms. The van der Waals surface area contributed by atoms with E-state index < -0.39 is 15.6 Å². The molecule has 122 valence electrons. The summed E-state index contributed by atoms with van der Waals surface area (Å²) < 4.78 is 30.8. The maximum Gasteiger partial charge on any atom is 0.223 e. The lowest BCUT2D eigenvalue weighted by Gasteiger charge is -2.36. The number of morpholine rings is 1. The molecular formula is C13H24N2O5S. The van der Waals surface area contributed by atoms with Gasteiger partial charge in [-0.15, -0.1) is 0 Å². The largest absolute Gasteiger partial charge is 0.390 e. The fraction of sp³-hybridized carbons (Fsp3) is 0.923. The van der Waals surface area contributed by atoms with Crippen molar-refractivity contribution in [2.45, 2.75) is 31.8 Å². The zero-order chi connectivity index (χ0) is 15.5. The van der Waals surface area contributed by atoms with Gasteiger partial charge in [0.1, 0.15) is 0 Å². The zero-order valence-electron chi connectivity index (χ0n) is 12.5. The Balaban J connectivity index is 1.80. The number of likely N-dealkylation sites (tertiary alicyclic amines) is 1. The summed E-state index contributed by atoms with van der Waals surface area (Å²) in [6.07, 6.45) is 1.08. The predicted octanol–water partition coefficient (Wildman–Crippen LogP) is -0.588. The van der Waals surface area contributed by atoms with Crippen molar-refractivity contribution >= 4 is 15.9 Å². The lowest BCUT2D eigenvalue weighted by atomic mass is 9.94. The second kappa shape index (κ2) is 6.60. The Kier molecular flexibility index (Phi) is 5.24. The summed E-state index contributed by atoms with van der Waals surface area (Å²) in [5, 5.41) is 9.85. The average Bonchev–Trinajstić information content (AvgIpc) is 2.46. The predicted molar refractivity (Wildman–Crippen MR) is 77.2 cm³/mol. The minimum absolute atomic E-state index is 0.00182. The first-order valence-corrected chi connectivity index (χ1v) is 8.97. The number of rotatable bonds is 4. The van der Waals surface area contributed by atoms with Crippen molar-refractivity contribution in [3.63, 3.8) is 0 Å². The Hall–Kier alpha value is -0.700. The van der Waals surface area contributed by atoms with Crippen LogP contribution in [-0.2, 0) is 19.6 Å². The Morgan fingerprint density at radius 1 is 1.19 bits per heavy atom. The number of sulfonamides is 1. The number of hydrogen-bond acceptors (Lipinski definition) is 5. The van der Waals surface area contributed by atoms with E-state index in [0.29, 0.717) is 52.2 Å². The molecule has 0 aromatic heterocycles. The molecule has 2 aliphatic rings. The fourth-order valence-electron chi connectivity index (χ4n) is 2.57. The highest BCUT2D eigenvalue weighted by molar-refractivity contribution is 7.89. The highest BCUT2D eigenvalue weighted by atomic mass is 32.2. The van der Waals surface area contributed by atoms with E-state index >= 15 is 0 Å². The molecule has 0 saturated carbocycles. The van der Waals surface area contributed by atoms with Crippen molar-refractivity contribution in [3.05, 3.63) is 0 Å². The monoisotopic (exact) mass is 320 g/mol. The number of amides is 1. The molecular weight excluding hydrogens is 296 g/mol. The van der Waals surface area contributed by atoms with Gasteiger partial charge in [-0.3, -0.25) is 4.79 Å². The van der Waals surface area contributed by atoms with Gasteiger partial charge in [0, 0.05) is 32.6 Å². The van der Waals surface area contributed by atoms with Crippen LogP contribution in [0, 0.1) is 0 Å². The summed E-state index contributed by atoms with van der Waals surface area (Å²) in [4.78, 5) is 13.7. The topological polar surface area (TPSA) is 87.2 Å². The molecule has 2 rings (SSSR count). The Bertz CT molecular complexity index is 461. The van der Waals surface area contributed by atoms with Gasteiger partial charge in [-0.2, -0.15) is 4.31 Å². The number of nitrogens with zero attached hydrogens (tertiary/aromatic N) is 2. The number of hydrogen-bond donors (Lipinski definition) is 1. The molecule has 1 amide bonds. The van der Waals surface area contributed by atoms with Crippen LogP contribution in [-0.4, -0.2) is 79.4 Å². The number of piperidine rings is 1. The van der Waals surface area contributed by atoms with Crippen LogP contribution in [0.25, 0.3) is 0 Å². The Labute approximate surface area is 125 Å². The van der Waals surface area contributed by atoms with Gasteiger partial charge in [0.25, 0.3) is 0 Å². The zero-order valence-corrected chi connectivity index (χ0v) is 13.3. The maximum absolute atomic E-state index is 12.1. The molecule has 0 aromatic rings. The normalized spacial score (nSPS) is 24.0. The van der Waals surface area contributed by atoms with Crippen molar-refractivity contribution in [2.24, 2.45) is 0 Å². The van der Waals surface area contributed by atoms with Crippen LogP contribution in [0.15, 0.2) is 0 Å². The Morgan fingerprint density at radius 2 is 1.76 bits per heavy atom. The molecule has 1 N–H and O–H groups in total. The Morgan fingerprint density at radius 3 is 2.33 bits per heavy atom. The molecule has 8 heteroatoms. The van der Waals surface area contributed by atoms with Gasteiger partial charge in [-0.25, -0.2) is 8.42 Å². The average molecular weight is 320 g/mol. The molecule has 2 fully saturated rings. The smallest absolute Gasteiger partial charge is 0.223 e. The number of ether oxygens (including phenoxy) is 1. The second-order valence-electron chi connectivity index (χ2n) is 5.96. The van der Waals surface area contributed by atoms with E-state index in [9.17, 15) is 18.3 Å². The third-order valence-electron chi connectivity index (χ3n) is 4.13. The number of carbonyl (C=O) groups excluding carboxylic acids is 1. The van der Waals surface area contributed by atoms with Gasteiger partial charge in [-0.05, 0) is 19.8 Å². The standard InChI is InChI=1S/C13H24N2O5S/c1-13(17)3-5-14(6-4-13)12(16)2-11-21(18,19)15-7-9-20-10-8-15/h17H,2-11H2,1H3. The SMILES string of the molecule is CC1(O)CCN(C(=O)CCS(=O)(=O)N2CCOCC2)CC1. The van der Waals surface area contributed by atoms with Crippen LogP contribution >= 0.6 is 0 Å². The van der Waals surface area contributed by atoms with Crippen molar-refractivity contribution in [3.8, 4) is 0 Å².